The van der Waals surface area contributed by atoms with Crippen LogP contribution in [0.25, 0.3) is 0 Å². The summed E-state index contributed by atoms with van der Waals surface area (Å²) in [5.74, 6) is 0. The molecule has 0 aliphatic heterocycles. The van der Waals surface area contributed by atoms with Crippen LogP contribution in [0.2, 0.25) is 0 Å². The van der Waals surface area contributed by atoms with Gasteiger partial charge in [0.15, 0.2) is 0 Å². The Kier molecular flexibility index (Phi) is 3.11. The maximum Gasteiger partial charge on any atom is 0.296 e. The molecule has 0 saturated carbocycles. The lowest BCUT2D eigenvalue weighted by atomic mass is 10.2. The average molecular weight is 261 g/mol. The highest BCUT2D eigenvalue weighted by molar-refractivity contribution is 7.89. The van der Waals surface area contributed by atoms with Crippen molar-refractivity contribution in [2.45, 2.75) is 11.8 Å². The van der Waals surface area contributed by atoms with Crippen molar-refractivity contribution in [2.24, 2.45) is 5.14 Å². The predicted octanol–water partition coefficient (Wildman–Crippen LogP) is 0.459. The third kappa shape index (κ3) is 2.54. The van der Waals surface area contributed by atoms with E-state index in [0.717, 1.165) is 12.1 Å². The van der Waals surface area contributed by atoms with Crippen LogP contribution in [-0.2, 0) is 10.0 Å². The minimum atomic E-state index is -4.55. The second-order valence-corrected chi connectivity index (χ2v) is 4.69. The molecule has 0 heterocycles. The topological polar surface area (TPSA) is 146 Å². The molecular formula is C7H7N3O6S. The van der Waals surface area contributed by atoms with Gasteiger partial charge in [-0.25, -0.2) is 13.6 Å². The molecule has 92 valence electrons. The molecule has 0 unspecified atom stereocenters. The van der Waals surface area contributed by atoms with Gasteiger partial charge in [0.05, 0.1) is 9.85 Å². The zero-order chi connectivity index (χ0) is 13.4. The Bertz CT molecular complexity index is 573. The van der Waals surface area contributed by atoms with E-state index in [2.05, 4.69) is 0 Å². The molecule has 0 radical (unpaired) electrons. The number of nitro benzene ring substituents is 2. The fourth-order valence-corrected chi connectivity index (χ4v) is 2.15. The predicted molar refractivity (Wildman–Crippen MR) is 55.9 cm³/mol. The van der Waals surface area contributed by atoms with E-state index in [-0.39, 0.29) is 5.56 Å². The van der Waals surface area contributed by atoms with Crippen molar-refractivity contribution in [3.63, 3.8) is 0 Å². The fourth-order valence-electron chi connectivity index (χ4n) is 1.30. The SMILES string of the molecule is Cc1cc([N+](=O)[O-])c(S(N)(=O)=O)c([N+](=O)[O-])c1. The third-order valence-electron chi connectivity index (χ3n) is 1.87. The van der Waals surface area contributed by atoms with Crippen LogP contribution in [0.3, 0.4) is 0 Å². The van der Waals surface area contributed by atoms with Crippen LogP contribution in [0, 0.1) is 27.2 Å². The second kappa shape index (κ2) is 4.07. The zero-order valence-corrected chi connectivity index (χ0v) is 9.30. The number of aryl methyl sites for hydroxylation is 1. The van der Waals surface area contributed by atoms with Gasteiger partial charge in [0.2, 0.25) is 4.90 Å². The lowest BCUT2D eigenvalue weighted by Gasteiger charge is -2.03. The van der Waals surface area contributed by atoms with Crippen molar-refractivity contribution in [1.29, 1.82) is 0 Å². The molecule has 0 atom stereocenters. The Morgan fingerprint density at radius 3 is 1.71 bits per heavy atom. The standard InChI is InChI=1S/C7H7N3O6S/c1-4-2-5(9(11)12)7(17(8,15)16)6(3-4)10(13)14/h2-3H,1H3,(H2,8,15,16). The van der Waals surface area contributed by atoms with E-state index in [1.807, 2.05) is 0 Å². The first kappa shape index (κ1) is 13.0. The van der Waals surface area contributed by atoms with Gasteiger partial charge < -0.3 is 0 Å². The Labute approximate surface area is 95.2 Å². The average Bonchev–Trinajstić information content (AvgIpc) is 2.14. The van der Waals surface area contributed by atoms with Crippen molar-refractivity contribution in [2.75, 3.05) is 0 Å². The molecular weight excluding hydrogens is 254 g/mol. The molecule has 10 heteroatoms. The van der Waals surface area contributed by atoms with E-state index in [9.17, 15) is 28.6 Å². The van der Waals surface area contributed by atoms with Gasteiger partial charge in [0.25, 0.3) is 21.4 Å². The van der Waals surface area contributed by atoms with Crippen molar-refractivity contribution in [3.05, 3.63) is 37.9 Å². The summed E-state index contributed by atoms with van der Waals surface area (Å²) in [7, 11) is -4.55. The molecule has 0 aromatic heterocycles. The first-order chi connectivity index (χ1) is 7.64. The number of benzene rings is 1. The van der Waals surface area contributed by atoms with E-state index in [1.54, 1.807) is 0 Å². The smallest absolute Gasteiger partial charge is 0.258 e. The highest BCUT2D eigenvalue weighted by Crippen LogP contribution is 2.33. The molecule has 17 heavy (non-hydrogen) atoms. The number of nitrogens with zero attached hydrogens (tertiary/aromatic N) is 2. The molecule has 0 amide bonds. The molecule has 0 bridgehead atoms. The molecule has 0 aliphatic carbocycles. The van der Waals surface area contributed by atoms with Crippen molar-refractivity contribution >= 4 is 21.4 Å². The van der Waals surface area contributed by atoms with Gasteiger partial charge in [-0.15, -0.1) is 0 Å². The van der Waals surface area contributed by atoms with Crippen LogP contribution in [0.15, 0.2) is 17.0 Å². The number of sulfonamides is 1. The van der Waals surface area contributed by atoms with Gasteiger partial charge in [-0.05, 0) is 12.5 Å². The number of hydrogen-bond acceptors (Lipinski definition) is 6. The minimum Gasteiger partial charge on any atom is -0.258 e. The number of rotatable bonds is 3. The molecule has 9 nitrogen and oxygen atoms in total. The third-order valence-corrected chi connectivity index (χ3v) is 2.86. The first-order valence-corrected chi connectivity index (χ1v) is 5.65. The van der Waals surface area contributed by atoms with Crippen LogP contribution < -0.4 is 5.14 Å². The summed E-state index contributed by atoms with van der Waals surface area (Å²) in [6.45, 7) is 1.37. The molecule has 2 N–H and O–H groups in total. The highest BCUT2D eigenvalue weighted by Gasteiger charge is 2.33. The van der Waals surface area contributed by atoms with Gasteiger partial charge in [0.1, 0.15) is 0 Å². The highest BCUT2D eigenvalue weighted by atomic mass is 32.2. The first-order valence-electron chi connectivity index (χ1n) is 4.11. The second-order valence-electron chi connectivity index (χ2n) is 3.19. The van der Waals surface area contributed by atoms with Crippen LogP contribution in [0.5, 0.6) is 0 Å². The summed E-state index contributed by atoms with van der Waals surface area (Å²) < 4.78 is 22.3. The normalized spacial score (nSPS) is 11.2. The lowest BCUT2D eigenvalue weighted by molar-refractivity contribution is -0.399. The monoisotopic (exact) mass is 261 g/mol. The molecule has 1 rings (SSSR count). The maximum absolute atomic E-state index is 11.2. The quantitative estimate of drug-likeness (QED) is 0.617. The van der Waals surface area contributed by atoms with E-state index in [4.69, 9.17) is 5.14 Å². The van der Waals surface area contributed by atoms with Gasteiger partial charge in [-0.2, -0.15) is 0 Å². The van der Waals surface area contributed by atoms with E-state index < -0.39 is 36.1 Å². The maximum atomic E-state index is 11.2. The molecule has 0 saturated heterocycles. The summed E-state index contributed by atoms with van der Waals surface area (Å²) in [5.41, 5.74) is -1.62. The molecule has 0 spiro atoms. The number of hydrogen-bond donors (Lipinski definition) is 1. The Hall–Kier alpha value is -2.07. The molecule has 0 fully saturated rings. The van der Waals surface area contributed by atoms with Gasteiger partial charge in [0, 0.05) is 12.1 Å². The van der Waals surface area contributed by atoms with Crippen molar-refractivity contribution in [1.82, 2.24) is 0 Å². The van der Waals surface area contributed by atoms with Crippen LogP contribution >= 0.6 is 0 Å². The summed E-state index contributed by atoms with van der Waals surface area (Å²) in [6.07, 6.45) is 0. The summed E-state index contributed by atoms with van der Waals surface area (Å²) >= 11 is 0. The van der Waals surface area contributed by atoms with Gasteiger partial charge >= 0.3 is 0 Å². The van der Waals surface area contributed by atoms with Crippen molar-refractivity contribution < 1.29 is 18.3 Å². The summed E-state index contributed by atoms with van der Waals surface area (Å²) in [5, 5.41) is 26.1. The van der Waals surface area contributed by atoms with Crippen LogP contribution in [-0.4, -0.2) is 18.3 Å². The Morgan fingerprint density at radius 2 is 1.47 bits per heavy atom. The summed E-state index contributed by atoms with van der Waals surface area (Å²) in [6, 6.07) is 1.82. The van der Waals surface area contributed by atoms with Crippen molar-refractivity contribution in [3.8, 4) is 0 Å². The zero-order valence-electron chi connectivity index (χ0n) is 8.48. The van der Waals surface area contributed by atoms with Gasteiger partial charge in [-0.3, -0.25) is 20.2 Å². The summed E-state index contributed by atoms with van der Waals surface area (Å²) in [4.78, 5) is 18.2. The molecule has 1 aromatic rings. The minimum absolute atomic E-state index is 0.191. The Morgan fingerprint density at radius 1 is 1.12 bits per heavy atom. The number of nitrogens with two attached hydrogens (primary N) is 1. The van der Waals surface area contributed by atoms with E-state index in [0.29, 0.717) is 0 Å². The number of primary sulfonamides is 1. The lowest BCUT2D eigenvalue weighted by Crippen LogP contribution is -2.16. The number of nitro groups is 2. The van der Waals surface area contributed by atoms with E-state index in [1.165, 1.54) is 6.92 Å². The van der Waals surface area contributed by atoms with Crippen LogP contribution in [0.1, 0.15) is 5.56 Å². The van der Waals surface area contributed by atoms with E-state index >= 15 is 0 Å². The largest absolute Gasteiger partial charge is 0.296 e. The molecule has 1 aromatic carbocycles. The molecule has 0 aliphatic rings. The van der Waals surface area contributed by atoms with Crippen LogP contribution in [0.4, 0.5) is 11.4 Å². The fraction of sp³-hybridized carbons (Fsp3) is 0.143. The van der Waals surface area contributed by atoms with Gasteiger partial charge in [-0.1, -0.05) is 0 Å². The Balaban J connectivity index is 3.85.